The van der Waals surface area contributed by atoms with E-state index in [1.807, 2.05) is 66.1 Å². The molecule has 28 heavy (non-hydrogen) atoms. The van der Waals surface area contributed by atoms with Crippen LogP contribution in [0.5, 0.6) is 0 Å². The van der Waals surface area contributed by atoms with Gasteiger partial charge in [-0.15, -0.1) is 0 Å². The van der Waals surface area contributed by atoms with Crippen molar-refractivity contribution < 1.29 is 9.59 Å². The van der Waals surface area contributed by atoms with Gasteiger partial charge in [0.1, 0.15) is 0 Å². The molecule has 0 radical (unpaired) electrons. The molecule has 1 atom stereocenters. The minimum absolute atomic E-state index is 0.0281. The highest BCUT2D eigenvalue weighted by Gasteiger charge is 2.24. The van der Waals surface area contributed by atoms with Crippen LogP contribution in [0.2, 0.25) is 0 Å². The molecule has 1 fully saturated rings. The van der Waals surface area contributed by atoms with Crippen LogP contribution in [0.1, 0.15) is 59.9 Å². The van der Waals surface area contributed by atoms with Gasteiger partial charge in [0.25, 0.3) is 11.8 Å². The average Bonchev–Trinajstić information content (AvgIpc) is 2.71. The Hall–Kier alpha value is -2.62. The SMILES string of the molecule is CC1CCCN(C(=O)c2cccc(C(=O)N(Cc3ccccc3)C(C)C)c2)C1. The Bertz CT molecular complexity index is 816. The zero-order valence-corrected chi connectivity index (χ0v) is 17.1. The van der Waals surface area contributed by atoms with Crippen LogP contribution in [-0.2, 0) is 6.54 Å². The topological polar surface area (TPSA) is 40.6 Å². The Balaban J connectivity index is 1.79. The summed E-state index contributed by atoms with van der Waals surface area (Å²) in [6.07, 6.45) is 2.22. The van der Waals surface area contributed by atoms with E-state index in [9.17, 15) is 9.59 Å². The van der Waals surface area contributed by atoms with Crippen molar-refractivity contribution in [2.45, 2.75) is 46.2 Å². The summed E-state index contributed by atoms with van der Waals surface area (Å²) >= 11 is 0. The molecule has 0 aliphatic carbocycles. The van der Waals surface area contributed by atoms with Crippen molar-refractivity contribution in [3.05, 3.63) is 71.3 Å². The second-order valence-electron chi connectivity index (χ2n) is 8.09. The van der Waals surface area contributed by atoms with E-state index < -0.39 is 0 Å². The number of carbonyl (C=O) groups is 2. The Morgan fingerprint density at radius 2 is 1.79 bits per heavy atom. The molecule has 4 heteroatoms. The van der Waals surface area contributed by atoms with Crippen molar-refractivity contribution in [2.75, 3.05) is 13.1 Å². The summed E-state index contributed by atoms with van der Waals surface area (Å²) in [6.45, 7) is 8.37. The van der Waals surface area contributed by atoms with E-state index in [-0.39, 0.29) is 17.9 Å². The molecule has 1 saturated heterocycles. The van der Waals surface area contributed by atoms with Crippen LogP contribution < -0.4 is 0 Å². The standard InChI is InChI=1S/C24H30N2O2/c1-18(2)26(17-20-10-5-4-6-11-20)24(28)22-13-7-12-21(15-22)23(27)25-14-8-9-19(3)16-25/h4-7,10-13,15,18-19H,8-9,14,16-17H2,1-3H3. The molecular formula is C24H30N2O2. The first kappa shape index (κ1) is 20.1. The van der Waals surface area contributed by atoms with E-state index in [4.69, 9.17) is 0 Å². The molecule has 0 N–H and O–H groups in total. The molecule has 0 bridgehead atoms. The van der Waals surface area contributed by atoms with Crippen molar-refractivity contribution in [1.29, 1.82) is 0 Å². The van der Waals surface area contributed by atoms with Gasteiger partial charge in [0.05, 0.1) is 0 Å². The second-order valence-corrected chi connectivity index (χ2v) is 8.09. The lowest BCUT2D eigenvalue weighted by Crippen LogP contribution is -2.39. The third-order valence-electron chi connectivity index (χ3n) is 5.38. The molecule has 2 aromatic rings. The van der Waals surface area contributed by atoms with E-state index in [0.29, 0.717) is 23.6 Å². The molecule has 4 nitrogen and oxygen atoms in total. The minimum atomic E-state index is -0.0412. The normalized spacial score (nSPS) is 16.9. The first-order valence-corrected chi connectivity index (χ1v) is 10.2. The van der Waals surface area contributed by atoms with Crippen molar-refractivity contribution in [2.24, 2.45) is 5.92 Å². The van der Waals surface area contributed by atoms with Gasteiger partial charge in [-0.1, -0.05) is 43.3 Å². The molecule has 1 aliphatic rings. The number of nitrogens with zero attached hydrogens (tertiary/aromatic N) is 2. The Kier molecular flexibility index (Phi) is 6.50. The fourth-order valence-corrected chi connectivity index (χ4v) is 3.78. The lowest BCUT2D eigenvalue weighted by atomic mass is 9.99. The fraction of sp³-hybridized carbons (Fsp3) is 0.417. The van der Waals surface area contributed by atoms with Crippen LogP contribution in [0.4, 0.5) is 0 Å². The molecule has 3 rings (SSSR count). The van der Waals surface area contributed by atoms with E-state index in [2.05, 4.69) is 6.92 Å². The van der Waals surface area contributed by atoms with Crippen molar-refractivity contribution in [1.82, 2.24) is 9.80 Å². The van der Waals surface area contributed by atoms with E-state index >= 15 is 0 Å². The molecule has 2 amide bonds. The van der Waals surface area contributed by atoms with Gasteiger partial charge in [0.15, 0.2) is 0 Å². The van der Waals surface area contributed by atoms with Gasteiger partial charge >= 0.3 is 0 Å². The maximum absolute atomic E-state index is 13.2. The first-order chi connectivity index (χ1) is 13.5. The molecule has 1 heterocycles. The highest BCUT2D eigenvalue weighted by Crippen LogP contribution is 2.20. The van der Waals surface area contributed by atoms with Gasteiger partial charge in [0, 0.05) is 36.8 Å². The van der Waals surface area contributed by atoms with Crippen LogP contribution in [0.25, 0.3) is 0 Å². The van der Waals surface area contributed by atoms with Crippen LogP contribution in [0.3, 0.4) is 0 Å². The number of rotatable bonds is 5. The molecule has 0 aromatic heterocycles. The van der Waals surface area contributed by atoms with Gasteiger partial charge in [-0.25, -0.2) is 0 Å². The highest BCUT2D eigenvalue weighted by molar-refractivity contribution is 5.99. The van der Waals surface area contributed by atoms with Crippen LogP contribution >= 0.6 is 0 Å². The number of likely N-dealkylation sites (tertiary alicyclic amines) is 1. The quantitative estimate of drug-likeness (QED) is 0.762. The van der Waals surface area contributed by atoms with Crippen LogP contribution in [0, 0.1) is 5.92 Å². The lowest BCUT2D eigenvalue weighted by Gasteiger charge is -2.31. The molecule has 0 spiro atoms. The zero-order valence-electron chi connectivity index (χ0n) is 17.1. The highest BCUT2D eigenvalue weighted by atomic mass is 16.2. The Morgan fingerprint density at radius 3 is 2.46 bits per heavy atom. The summed E-state index contributed by atoms with van der Waals surface area (Å²) in [5.74, 6) is 0.519. The summed E-state index contributed by atoms with van der Waals surface area (Å²) < 4.78 is 0. The number of hydrogen-bond donors (Lipinski definition) is 0. The predicted octanol–water partition coefficient (Wildman–Crippen LogP) is 4.61. The Labute approximate surface area is 168 Å². The molecular weight excluding hydrogens is 348 g/mol. The van der Waals surface area contributed by atoms with Gasteiger partial charge in [-0.05, 0) is 56.4 Å². The van der Waals surface area contributed by atoms with Gasteiger partial charge < -0.3 is 9.80 Å². The first-order valence-electron chi connectivity index (χ1n) is 10.2. The van der Waals surface area contributed by atoms with E-state index in [1.54, 1.807) is 12.1 Å². The summed E-state index contributed by atoms with van der Waals surface area (Å²) in [5.41, 5.74) is 2.27. The maximum Gasteiger partial charge on any atom is 0.254 e. The van der Waals surface area contributed by atoms with Gasteiger partial charge in [-0.3, -0.25) is 9.59 Å². The molecule has 1 unspecified atom stereocenters. The zero-order chi connectivity index (χ0) is 20.1. The number of hydrogen-bond acceptors (Lipinski definition) is 2. The summed E-state index contributed by atoms with van der Waals surface area (Å²) in [5, 5.41) is 0. The molecule has 2 aromatic carbocycles. The summed E-state index contributed by atoms with van der Waals surface area (Å²) in [7, 11) is 0. The van der Waals surface area contributed by atoms with Gasteiger partial charge in [0.2, 0.25) is 0 Å². The molecule has 1 aliphatic heterocycles. The van der Waals surface area contributed by atoms with Crippen LogP contribution in [0.15, 0.2) is 54.6 Å². The van der Waals surface area contributed by atoms with Crippen molar-refractivity contribution in [3.8, 4) is 0 Å². The van der Waals surface area contributed by atoms with Crippen LogP contribution in [-0.4, -0.2) is 40.7 Å². The number of piperidine rings is 1. The largest absolute Gasteiger partial charge is 0.338 e. The van der Waals surface area contributed by atoms with E-state index in [1.165, 1.54) is 6.42 Å². The number of carbonyl (C=O) groups excluding carboxylic acids is 2. The average molecular weight is 379 g/mol. The smallest absolute Gasteiger partial charge is 0.254 e. The maximum atomic E-state index is 13.2. The predicted molar refractivity (Wildman–Crippen MR) is 112 cm³/mol. The monoisotopic (exact) mass is 378 g/mol. The Morgan fingerprint density at radius 1 is 1.07 bits per heavy atom. The molecule has 0 saturated carbocycles. The number of benzene rings is 2. The van der Waals surface area contributed by atoms with Crippen molar-refractivity contribution in [3.63, 3.8) is 0 Å². The third-order valence-corrected chi connectivity index (χ3v) is 5.38. The van der Waals surface area contributed by atoms with Crippen molar-refractivity contribution >= 4 is 11.8 Å². The second kappa shape index (κ2) is 9.05. The third kappa shape index (κ3) is 4.80. The number of amides is 2. The molecule has 148 valence electrons. The summed E-state index contributed by atoms with van der Waals surface area (Å²) in [4.78, 5) is 29.9. The van der Waals surface area contributed by atoms with Gasteiger partial charge in [-0.2, -0.15) is 0 Å². The fourth-order valence-electron chi connectivity index (χ4n) is 3.78. The minimum Gasteiger partial charge on any atom is -0.338 e. The lowest BCUT2D eigenvalue weighted by molar-refractivity contribution is 0.0682. The summed E-state index contributed by atoms with van der Waals surface area (Å²) in [6, 6.07) is 17.2. The van der Waals surface area contributed by atoms with E-state index in [0.717, 1.165) is 25.1 Å².